The fourth-order valence-electron chi connectivity index (χ4n) is 2.18. The average Bonchev–Trinajstić information content (AvgIpc) is 2.52. The normalized spacial score (nSPS) is 10.4. The third-order valence-electron chi connectivity index (χ3n) is 3.40. The molecule has 0 aliphatic rings. The minimum Gasteiger partial charge on any atom is -0.342 e. The lowest BCUT2D eigenvalue weighted by Crippen LogP contribution is -2.28. The molecule has 0 aliphatic heterocycles. The summed E-state index contributed by atoms with van der Waals surface area (Å²) in [7, 11) is 1.81. The van der Waals surface area contributed by atoms with Gasteiger partial charge in [0.15, 0.2) is 0 Å². The van der Waals surface area contributed by atoms with E-state index in [1.807, 2.05) is 13.1 Å². The fourth-order valence-corrected chi connectivity index (χ4v) is 2.38. The third-order valence-corrected chi connectivity index (χ3v) is 3.70. The van der Waals surface area contributed by atoms with Crippen molar-refractivity contribution in [3.8, 4) is 0 Å². The molecule has 1 aromatic carbocycles. The molecule has 1 heterocycles. The van der Waals surface area contributed by atoms with Crippen LogP contribution in [-0.2, 0) is 6.42 Å². The van der Waals surface area contributed by atoms with Crippen LogP contribution in [0.2, 0.25) is 5.02 Å². The van der Waals surface area contributed by atoms with Gasteiger partial charge in [-0.05, 0) is 30.9 Å². The molecule has 4 heteroatoms. The van der Waals surface area contributed by atoms with E-state index < -0.39 is 0 Å². The molecule has 0 fully saturated rings. The van der Waals surface area contributed by atoms with Gasteiger partial charge in [0.05, 0.1) is 10.6 Å². The Kier molecular flexibility index (Phi) is 5.76. The van der Waals surface area contributed by atoms with Crippen molar-refractivity contribution in [1.82, 2.24) is 9.88 Å². The summed E-state index contributed by atoms with van der Waals surface area (Å²) < 4.78 is 0. The number of unbranched alkanes of at least 4 members (excludes halogenated alkanes) is 1. The van der Waals surface area contributed by atoms with Gasteiger partial charge in [-0.15, -0.1) is 0 Å². The van der Waals surface area contributed by atoms with Gasteiger partial charge in [-0.25, -0.2) is 0 Å². The zero-order chi connectivity index (χ0) is 15.1. The Morgan fingerprint density at radius 3 is 2.67 bits per heavy atom. The molecule has 21 heavy (non-hydrogen) atoms. The number of pyridine rings is 1. The molecule has 2 aromatic rings. The Morgan fingerprint density at radius 2 is 1.95 bits per heavy atom. The molecular weight excluding hydrogens is 284 g/mol. The predicted molar refractivity (Wildman–Crippen MR) is 85.6 cm³/mol. The lowest BCUT2D eigenvalue weighted by Gasteiger charge is -2.17. The smallest absolute Gasteiger partial charge is 0.255 e. The van der Waals surface area contributed by atoms with Crippen molar-refractivity contribution in [3.63, 3.8) is 0 Å². The number of halogens is 1. The van der Waals surface area contributed by atoms with E-state index in [0.717, 1.165) is 25.8 Å². The topological polar surface area (TPSA) is 33.2 Å². The van der Waals surface area contributed by atoms with E-state index in [9.17, 15) is 4.79 Å². The van der Waals surface area contributed by atoms with Crippen molar-refractivity contribution in [2.24, 2.45) is 0 Å². The Balaban J connectivity index is 1.78. The van der Waals surface area contributed by atoms with Crippen LogP contribution in [0.15, 0.2) is 48.8 Å². The van der Waals surface area contributed by atoms with Crippen molar-refractivity contribution >= 4 is 17.5 Å². The second-order valence-corrected chi connectivity index (χ2v) is 5.43. The SMILES string of the molecule is CN(CCCCc1ccccc1)C(=O)c1ccncc1Cl. The summed E-state index contributed by atoms with van der Waals surface area (Å²) in [5.74, 6) is -0.0536. The monoisotopic (exact) mass is 302 g/mol. The van der Waals surface area contributed by atoms with E-state index in [4.69, 9.17) is 11.6 Å². The highest BCUT2D eigenvalue weighted by atomic mass is 35.5. The van der Waals surface area contributed by atoms with E-state index >= 15 is 0 Å². The molecule has 3 nitrogen and oxygen atoms in total. The summed E-state index contributed by atoms with van der Waals surface area (Å²) >= 11 is 5.99. The maximum atomic E-state index is 12.2. The number of hydrogen-bond donors (Lipinski definition) is 0. The standard InChI is InChI=1S/C17H19ClN2O/c1-20(17(21)15-10-11-19-13-16(15)18)12-6-5-9-14-7-3-2-4-8-14/h2-4,7-8,10-11,13H,5-6,9,12H2,1H3. The highest BCUT2D eigenvalue weighted by Crippen LogP contribution is 2.15. The lowest BCUT2D eigenvalue weighted by molar-refractivity contribution is 0.0793. The van der Waals surface area contributed by atoms with Gasteiger partial charge in [-0.1, -0.05) is 41.9 Å². The lowest BCUT2D eigenvalue weighted by atomic mass is 10.1. The number of hydrogen-bond acceptors (Lipinski definition) is 2. The number of rotatable bonds is 6. The van der Waals surface area contributed by atoms with E-state index in [2.05, 4.69) is 29.2 Å². The molecule has 0 unspecified atom stereocenters. The summed E-state index contributed by atoms with van der Waals surface area (Å²) in [4.78, 5) is 17.9. The first kappa shape index (κ1) is 15.5. The number of carbonyl (C=O) groups is 1. The van der Waals surface area contributed by atoms with Gasteiger partial charge in [0, 0.05) is 26.0 Å². The Labute approximate surface area is 130 Å². The molecule has 0 aliphatic carbocycles. The number of amides is 1. The van der Waals surface area contributed by atoms with Crippen molar-refractivity contribution in [2.75, 3.05) is 13.6 Å². The molecule has 0 spiro atoms. The second-order valence-electron chi connectivity index (χ2n) is 5.02. The first-order valence-corrected chi connectivity index (χ1v) is 7.45. The molecule has 1 aromatic heterocycles. The van der Waals surface area contributed by atoms with Crippen LogP contribution in [0.25, 0.3) is 0 Å². The van der Waals surface area contributed by atoms with Crippen molar-refractivity contribution in [2.45, 2.75) is 19.3 Å². The quantitative estimate of drug-likeness (QED) is 0.760. The number of nitrogens with zero attached hydrogens (tertiary/aromatic N) is 2. The highest BCUT2D eigenvalue weighted by Gasteiger charge is 2.14. The van der Waals surface area contributed by atoms with Crippen LogP contribution in [0.3, 0.4) is 0 Å². The Hall–Kier alpha value is -1.87. The van der Waals surface area contributed by atoms with Crippen molar-refractivity contribution in [1.29, 1.82) is 0 Å². The van der Waals surface area contributed by atoms with Crippen LogP contribution in [-0.4, -0.2) is 29.4 Å². The van der Waals surface area contributed by atoms with E-state index in [1.54, 1.807) is 17.2 Å². The molecule has 0 saturated carbocycles. The Bertz CT molecular complexity index is 586. The van der Waals surface area contributed by atoms with E-state index in [1.165, 1.54) is 11.8 Å². The molecule has 2 rings (SSSR count). The van der Waals surface area contributed by atoms with Crippen molar-refractivity contribution < 1.29 is 4.79 Å². The first-order valence-electron chi connectivity index (χ1n) is 7.07. The molecule has 0 N–H and O–H groups in total. The molecule has 0 radical (unpaired) electrons. The van der Waals surface area contributed by atoms with Crippen LogP contribution >= 0.6 is 11.6 Å². The minimum atomic E-state index is -0.0536. The molecule has 110 valence electrons. The van der Waals surface area contributed by atoms with Gasteiger partial charge in [0.1, 0.15) is 0 Å². The summed E-state index contributed by atoms with van der Waals surface area (Å²) in [5, 5.41) is 0.402. The van der Waals surface area contributed by atoms with Gasteiger partial charge in [-0.2, -0.15) is 0 Å². The summed E-state index contributed by atoms with van der Waals surface area (Å²) in [6.45, 7) is 0.727. The van der Waals surface area contributed by atoms with Crippen molar-refractivity contribution in [3.05, 3.63) is 64.9 Å². The number of aryl methyl sites for hydroxylation is 1. The van der Waals surface area contributed by atoms with Crippen LogP contribution in [0.1, 0.15) is 28.8 Å². The molecule has 0 bridgehead atoms. The predicted octanol–water partition coefficient (Wildman–Crippen LogP) is 3.83. The zero-order valence-corrected chi connectivity index (χ0v) is 12.9. The van der Waals surface area contributed by atoms with E-state index in [0.29, 0.717) is 10.6 Å². The maximum absolute atomic E-state index is 12.2. The molecule has 0 saturated heterocycles. The van der Waals surface area contributed by atoms with Crippen LogP contribution in [0.5, 0.6) is 0 Å². The van der Waals surface area contributed by atoms with Gasteiger partial charge >= 0.3 is 0 Å². The zero-order valence-electron chi connectivity index (χ0n) is 12.1. The number of carbonyl (C=O) groups excluding carboxylic acids is 1. The van der Waals surface area contributed by atoms with Crippen LogP contribution in [0, 0.1) is 0 Å². The second kappa shape index (κ2) is 7.79. The first-order chi connectivity index (χ1) is 10.2. The third kappa shape index (κ3) is 4.57. The number of aromatic nitrogens is 1. The molecule has 1 amide bonds. The van der Waals surface area contributed by atoms with Gasteiger partial charge < -0.3 is 4.90 Å². The Morgan fingerprint density at radius 1 is 1.19 bits per heavy atom. The van der Waals surface area contributed by atoms with Gasteiger partial charge in [0.2, 0.25) is 0 Å². The summed E-state index contributed by atoms with van der Waals surface area (Å²) in [6, 6.07) is 12.0. The van der Waals surface area contributed by atoms with Gasteiger partial charge in [0.25, 0.3) is 5.91 Å². The summed E-state index contributed by atoms with van der Waals surface area (Å²) in [6.07, 6.45) is 6.16. The summed E-state index contributed by atoms with van der Waals surface area (Å²) in [5.41, 5.74) is 1.85. The fraction of sp³-hybridized carbons (Fsp3) is 0.294. The van der Waals surface area contributed by atoms with E-state index in [-0.39, 0.29) is 5.91 Å². The average molecular weight is 303 g/mol. The number of benzene rings is 1. The highest BCUT2D eigenvalue weighted by molar-refractivity contribution is 6.33. The molecular formula is C17H19ClN2O. The van der Waals surface area contributed by atoms with Crippen LogP contribution < -0.4 is 0 Å². The maximum Gasteiger partial charge on any atom is 0.255 e. The van der Waals surface area contributed by atoms with Gasteiger partial charge in [-0.3, -0.25) is 9.78 Å². The largest absolute Gasteiger partial charge is 0.342 e. The molecule has 0 atom stereocenters. The van der Waals surface area contributed by atoms with Crippen LogP contribution in [0.4, 0.5) is 0 Å². The minimum absolute atomic E-state index is 0.0536.